The van der Waals surface area contributed by atoms with E-state index < -0.39 is 15.4 Å². The second kappa shape index (κ2) is 3.51. The number of aromatic nitrogens is 2. The molecule has 2 heterocycles. The van der Waals surface area contributed by atoms with E-state index in [9.17, 15) is 18.0 Å². The van der Waals surface area contributed by atoms with E-state index in [2.05, 4.69) is 9.97 Å². The van der Waals surface area contributed by atoms with Crippen LogP contribution in [0.2, 0.25) is 0 Å². The molecule has 0 saturated carbocycles. The molecule has 0 spiro atoms. The van der Waals surface area contributed by atoms with E-state index in [4.69, 9.17) is 0 Å². The number of carbonyl (C=O) groups is 1. The van der Waals surface area contributed by atoms with E-state index in [-0.39, 0.29) is 35.2 Å². The maximum atomic E-state index is 11.6. The number of hydrogen-bond acceptors (Lipinski definition) is 5. The zero-order valence-corrected chi connectivity index (χ0v) is 9.43. The fraction of sp³-hybridized carbons (Fsp3) is 0.444. The molecule has 0 radical (unpaired) electrons. The maximum absolute atomic E-state index is 11.6. The van der Waals surface area contributed by atoms with Crippen LogP contribution in [0.5, 0.6) is 0 Å². The Morgan fingerprint density at radius 1 is 1.44 bits per heavy atom. The monoisotopic (exact) mass is 242 g/mol. The number of fused-ring (bicyclic) bond motifs is 1. The van der Waals surface area contributed by atoms with Gasteiger partial charge in [-0.3, -0.25) is 9.59 Å². The molecular weight excluding hydrogens is 232 g/mol. The van der Waals surface area contributed by atoms with Crippen LogP contribution in [0.3, 0.4) is 0 Å². The molecule has 0 aliphatic carbocycles. The van der Waals surface area contributed by atoms with Crippen molar-refractivity contribution in [2.75, 3.05) is 5.75 Å². The first-order chi connectivity index (χ1) is 7.39. The number of ketones is 1. The minimum atomic E-state index is -3.18. The lowest BCUT2D eigenvalue weighted by atomic mass is 10.2. The van der Waals surface area contributed by atoms with Gasteiger partial charge in [-0.15, -0.1) is 0 Å². The fourth-order valence-corrected chi connectivity index (χ4v) is 2.94. The predicted octanol–water partition coefficient (Wildman–Crippen LogP) is -0.557. The highest BCUT2D eigenvalue weighted by Crippen LogP contribution is 2.15. The molecule has 0 saturated heterocycles. The molecule has 16 heavy (non-hydrogen) atoms. The molecule has 0 atom stereocenters. The SMILES string of the molecule is CC(=O)c1nc2c(c(=O)[nH]1)CCS(=O)(=O)C2. The zero-order chi connectivity index (χ0) is 11.9. The lowest BCUT2D eigenvalue weighted by Crippen LogP contribution is -2.29. The van der Waals surface area contributed by atoms with Gasteiger partial charge in [0.1, 0.15) is 0 Å². The molecule has 0 bridgehead atoms. The number of rotatable bonds is 1. The molecule has 7 heteroatoms. The zero-order valence-electron chi connectivity index (χ0n) is 8.61. The van der Waals surface area contributed by atoms with Gasteiger partial charge in [0.25, 0.3) is 5.56 Å². The molecule has 0 unspecified atom stereocenters. The Morgan fingerprint density at radius 3 is 2.75 bits per heavy atom. The van der Waals surface area contributed by atoms with Crippen molar-refractivity contribution in [1.29, 1.82) is 0 Å². The van der Waals surface area contributed by atoms with Crippen molar-refractivity contribution < 1.29 is 13.2 Å². The first kappa shape index (κ1) is 11.0. The van der Waals surface area contributed by atoms with Crippen molar-refractivity contribution in [3.05, 3.63) is 27.4 Å². The third kappa shape index (κ3) is 1.90. The van der Waals surface area contributed by atoms with Gasteiger partial charge in [-0.25, -0.2) is 13.4 Å². The number of sulfone groups is 1. The van der Waals surface area contributed by atoms with Crippen molar-refractivity contribution >= 4 is 15.6 Å². The summed E-state index contributed by atoms with van der Waals surface area (Å²) >= 11 is 0. The summed E-state index contributed by atoms with van der Waals surface area (Å²) < 4.78 is 22.7. The van der Waals surface area contributed by atoms with Crippen LogP contribution in [0.4, 0.5) is 0 Å². The van der Waals surface area contributed by atoms with Gasteiger partial charge in [-0.1, -0.05) is 0 Å². The van der Waals surface area contributed by atoms with Crippen molar-refractivity contribution in [3.63, 3.8) is 0 Å². The number of H-pyrrole nitrogens is 1. The smallest absolute Gasteiger partial charge is 0.254 e. The number of hydrogen-bond donors (Lipinski definition) is 1. The Hall–Kier alpha value is -1.50. The van der Waals surface area contributed by atoms with Crippen molar-refractivity contribution in [3.8, 4) is 0 Å². The number of aromatic amines is 1. The predicted molar refractivity (Wildman–Crippen MR) is 56.1 cm³/mol. The first-order valence-corrected chi connectivity index (χ1v) is 6.54. The summed E-state index contributed by atoms with van der Waals surface area (Å²) in [4.78, 5) is 28.9. The van der Waals surface area contributed by atoms with Crippen LogP contribution in [-0.4, -0.2) is 29.9 Å². The number of Topliss-reactive ketones (excluding diaryl/α,β-unsaturated/α-hetero) is 1. The summed E-state index contributed by atoms with van der Waals surface area (Å²) in [6.45, 7) is 1.27. The minimum Gasteiger partial charge on any atom is -0.304 e. The van der Waals surface area contributed by atoms with Gasteiger partial charge >= 0.3 is 0 Å². The van der Waals surface area contributed by atoms with Crippen molar-refractivity contribution in [1.82, 2.24) is 9.97 Å². The summed E-state index contributed by atoms with van der Waals surface area (Å²) in [6, 6.07) is 0. The number of carbonyl (C=O) groups excluding carboxylic acids is 1. The van der Waals surface area contributed by atoms with E-state index in [0.717, 1.165) is 0 Å². The Balaban J connectivity index is 2.63. The highest BCUT2D eigenvalue weighted by Gasteiger charge is 2.25. The first-order valence-electron chi connectivity index (χ1n) is 4.72. The van der Waals surface area contributed by atoms with E-state index in [1.54, 1.807) is 0 Å². The number of nitrogens with one attached hydrogen (secondary N) is 1. The average molecular weight is 242 g/mol. The average Bonchev–Trinajstić information content (AvgIpc) is 2.14. The largest absolute Gasteiger partial charge is 0.304 e. The maximum Gasteiger partial charge on any atom is 0.254 e. The Labute approximate surface area is 91.6 Å². The summed E-state index contributed by atoms with van der Waals surface area (Å²) in [5.41, 5.74) is 0.171. The normalized spacial score (nSPS) is 17.8. The molecule has 0 fully saturated rings. The summed E-state index contributed by atoms with van der Waals surface area (Å²) in [5, 5.41) is 0. The van der Waals surface area contributed by atoms with Gasteiger partial charge in [-0.2, -0.15) is 0 Å². The van der Waals surface area contributed by atoms with Crippen LogP contribution < -0.4 is 5.56 Å². The third-order valence-corrected chi connectivity index (χ3v) is 3.99. The molecule has 1 aliphatic rings. The van der Waals surface area contributed by atoms with Gasteiger partial charge in [0.05, 0.1) is 17.2 Å². The quantitative estimate of drug-likeness (QED) is 0.666. The van der Waals surface area contributed by atoms with Gasteiger partial charge < -0.3 is 4.98 Å². The molecule has 1 aromatic heterocycles. The van der Waals surface area contributed by atoms with E-state index in [1.165, 1.54) is 6.92 Å². The lowest BCUT2D eigenvalue weighted by molar-refractivity contribution is 0.100. The van der Waals surface area contributed by atoms with Crippen LogP contribution in [0, 0.1) is 0 Å². The van der Waals surface area contributed by atoms with Crippen LogP contribution >= 0.6 is 0 Å². The van der Waals surface area contributed by atoms with Crippen molar-refractivity contribution in [2.45, 2.75) is 19.1 Å². The third-order valence-electron chi connectivity index (χ3n) is 2.45. The summed E-state index contributed by atoms with van der Waals surface area (Å²) in [6.07, 6.45) is 0.165. The molecule has 1 N–H and O–H groups in total. The molecule has 86 valence electrons. The second-order valence-corrected chi connectivity index (χ2v) is 5.92. The van der Waals surface area contributed by atoms with E-state index in [0.29, 0.717) is 5.56 Å². The van der Waals surface area contributed by atoms with Gasteiger partial charge in [0, 0.05) is 12.5 Å². The summed E-state index contributed by atoms with van der Waals surface area (Å²) in [5.74, 6) is -0.764. The Kier molecular flexibility index (Phi) is 2.42. The van der Waals surface area contributed by atoms with Crippen LogP contribution in [0.1, 0.15) is 28.8 Å². The molecule has 1 aromatic rings. The van der Waals surface area contributed by atoms with Crippen LogP contribution in [0.15, 0.2) is 4.79 Å². The molecular formula is C9H10N2O4S. The van der Waals surface area contributed by atoms with Crippen molar-refractivity contribution in [2.24, 2.45) is 0 Å². The second-order valence-electron chi connectivity index (χ2n) is 3.74. The highest BCUT2D eigenvalue weighted by molar-refractivity contribution is 7.90. The molecule has 2 rings (SSSR count). The molecule has 0 aromatic carbocycles. The van der Waals surface area contributed by atoms with Crippen LogP contribution in [0.25, 0.3) is 0 Å². The molecule has 1 aliphatic heterocycles. The van der Waals surface area contributed by atoms with Crippen LogP contribution in [-0.2, 0) is 22.0 Å². The minimum absolute atomic E-state index is 0.0375. The molecule has 6 nitrogen and oxygen atoms in total. The van der Waals surface area contributed by atoms with Gasteiger partial charge in [0.2, 0.25) is 0 Å². The van der Waals surface area contributed by atoms with Gasteiger partial charge in [0.15, 0.2) is 21.4 Å². The summed E-state index contributed by atoms with van der Waals surface area (Å²) in [7, 11) is -3.18. The van der Waals surface area contributed by atoms with Gasteiger partial charge in [-0.05, 0) is 6.42 Å². The Morgan fingerprint density at radius 2 is 2.12 bits per heavy atom. The topological polar surface area (TPSA) is 97.0 Å². The standard InChI is InChI=1S/C9H10N2O4S/c1-5(12)8-10-7-4-16(14,15)3-2-6(7)9(13)11-8/h2-4H2,1H3,(H,10,11,13). The van der Waals surface area contributed by atoms with E-state index >= 15 is 0 Å². The molecule has 0 amide bonds. The van der Waals surface area contributed by atoms with E-state index in [1.807, 2.05) is 0 Å². The fourth-order valence-electron chi connectivity index (χ4n) is 1.63. The number of nitrogens with zero attached hydrogens (tertiary/aromatic N) is 1. The Bertz CT molecular complexity index is 615. The lowest BCUT2D eigenvalue weighted by Gasteiger charge is -2.14. The highest BCUT2D eigenvalue weighted by atomic mass is 32.2.